The molecule has 1 heterocycles. The second kappa shape index (κ2) is 7.74. The minimum atomic E-state index is -0.274. The Morgan fingerprint density at radius 1 is 1.14 bits per heavy atom. The lowest BCUT2D eigenvalue weighted by Crippen LogP contribution is -2.01. The number of hydrogen-bond acceptors (Lipinski definition) is 4. The molecule has 0 aliphatic carbocycles. The van der Waals surface area contributed by atoms with Gasteiger partial charge < -0.3 is 4.74 Å². The van der Waals surface area contributed by atoms with E-state index in [1.54, 1.807) is 30.1 Å². The molecule has 0 aliphatic rings. The highest BCUT2D eigenvalue weighted by molar-refractivity contribution is 7.71. The van der Waals surface area contributed by atoms with Gasteiger partial charge in [-0.05, 0) is 46.8 Å². The minimum Gasteiger partial charge on any atom is -0.496 e. The fraction of sp³-hybridized carbons (Fsp3) is 0.0952. The fourth-order valence-electron chi connectivity index (χ4n) is 3.04. The molecule has 0 unspecified atom stereocenters. The lowest BCUT2D eigenvalue weighted by Gasteiger charge is -2.08. The van der Waals surface area contributed by atoms with E-state index in [1.807, 2.05) is 36.4 Å². The molecule has 7 heteroatoms. The van der Waals surface area contributed by atoms with Crippen LogP contribution in [0.15, 0.2) is 65.8 Å². The van der Waals surface area contributed by atoms with Crippen molar-refractivity contribution in [2.24, 2.45) is 5.10 Å². The van der Waals surface area contributed by atoms with Crippen molar-refractivity contribution in [2.75, 3.05) is 7.11 Å². The van der Waals surface area contributed by atoms with Crippen molar-refractivity contribution < 1.29 is 9.13 Å². The second-order valence-electron chi connectivity index (χ2n) is 6.21. The molecule has 0 saturated heterocycles. The number of ether oxygens (including phenoxy) is 1. The lowest BCUT2D eigenvalue weighted by atomic mass is 10.0. The zero-order valence-electron chi connectivity index (χ0n) is 15.1. The number of halogens is 1. The number of aromatic nitrogens is 3. The standard InChI is InChI=1S/C21H17FN4OS/c1-27-19-11-8-15-4-2-3-5-17(15)18(19)13-23-26-20(24-25-21(26)28)12-14-6-9-16(22)10-7-14/h2-11,13H,12H2,1H3,(H,25,28). The van der Waals surface area contributed by atoms with Crippen LogP contribution in [0.5, 0.6) is 5.75 Å². The maximum atomic E-state index is 13.1. The summed E-state index contributed by atoms with van der Waals surface area (Å²) >= 11 is 5.32. The van der Waals surface area contributed by atoms with Gasteiger partial charge >= 0.3 is 0 Å². The second-order valence-corrected chi connectivity index (χ2v) is 6.59. The van der Waals surface area contributed by atoms with Crippen LogP contribution < -0.4 is 4.74 Å². The predicted octanol–water partition coefficient (Wildman–Crippen LogP) is 4.71. The van der Waals surface area contributed by atoms with Crippen LogP contribution in [0.25, 0.3) is 10.8 Å². The first kappa shape index (κ1) is 18.1. The summed E-state index contributed by atoms with van der Waals surface area (Å²) in [7, 11) is 1.63. The summed E-state index contributed by atoms with van der Waals surface area (Å²) in [4.78, 5) is 0. The van der Waals surface area contributed by atoms with Gasteiger partial charge in [0.05, 0.1) is 13.3 Å². The van der Waals surface area contributed by atoms with Crippen LogP contribution in [0.1, 0.15) is 17.0 Å². The van der Waals surface area contributed by atoms with Crippen LogP contribution in [-0.2, 0) is 6.42 Å². The Bertz CT molecular complexity index is 1210. The van der Waals surface area contributed by atoms with Gasteiger partial charge in [0, 0.05) is 12.0 Å². The van der Waals surface area contributed by atoms with Gasteiger partial charge in [0.2, 0.25) is 4.77 Å². The van der Waals surface area contributed by atoms with E-state index >= 15 is 0 Å². The zero-order chi connectivity index (χ0) is 19.5. The number of aromatic amines is 1. The molecule has 140 valence electrons. The Labute approximate surface area is 166 Å². The van der Waals surface area contributed by atoms with Gasteiger partial charge in [-0.3, -0.25) is 5.10 Å². The SMILES string of the molecule is COc1ccc2ccccc2c1C=Nn1c(Cc2ccc(F)cc2)n[nH]c1=S. The van der Waals surface area contributed by atoms with Gasteiger partial charge in [0.1, 0.15) is 11.6 Å². The van der Waals surface area contributed by atoms with E-state index < -0.39 is 0 Å². The van der Waals surface area contributed by atoms with Crippen molar-refractivity contribution in [1.82, 2.24) is 14.9 Å². The third kappa shape index (κ3) is 3.57. The molecular formula is C21H17FN4OS. The highest BCUT2D eigenvalue weighted by atomic mass is 32.1. The largest absolute Gasteiger partial charge is 0.496 e. The van der Waals surface area contributed by atoms with E-state index in [-0.39, 0.29) is 5.82 Å². The molecule has 1 aromatic heterocycles. The van der Waals surface area contributed by atoms with Crippen molar-refractivity contribution in [1.29, 1.82) is 0 Å². The third-order valence-corrected chi connectivity index (χ3v) is 4.71. The lowest BCUT2D eigenvalue weighted by molar-refractivity contribution is 0.415. The highest BCUT2D eigenvalue weighted by Gasteiger charge is 2.09. The minimum absolute atomic E-state index is 0.274. The molecule has 0 aliphatic heterocycles. The number of benzene rings is 3. The highest BCUT2D eigenvalue weighted by Crippen LogP contribution is 2.26. The number of rotatable bonds is 5. The van der Waals surface area contributed by atoms with Gasteiger partial charge in [0.25, 0.3) is 0 Å². The molecule has 1 N–H and O–H groups in total. The normalized spacial score (nSPS) is 11.4. The third-order valence-electron chi connectivity index (χ3n) is 4.45. The molecule has 0 fully saturated rings. The average Bonchev–Trinajstić information content (AvgIpc) is 3.07. The van der Waals surface area contributed by atoms with E-state index in [4.69, 9.17) is 17.0 Å². The van der Waals surface area contributed by atoms with Crippen molar-refractivity contribution >= 4 is 29.2 Å². The summed E-state index contributed by atoms with van der Waals surface area (Å²) in [6.45, 7) is 0. The number of nitrogens with zero attached hydrogens (tertiary/aromatic N) is 3. The molecule has 28 heavy (non-hydrogen) atoms. The Morgan fingerprint density at radius 2 is 1.93 bits per heavy atom. The van der Waals surface area contributed by atoms with Gasteiger partial charge in [-0.25, -0.2) is 4.39 Å². The Balaban J connectivity index is 1.73. The monoisotopic (exact) mass is 392 g/mol. The van der Waals surface area contributed by atoms with Crippen molar-refractivity contribution in [3.05, 3.63) is 88.2 Å². The quantitative estimate of drug-likeness (QED) is 0.395. The van der Waals surface area contributed by atoms with Gasteiger partial charge in [-0.2, -0.15) is 14.9 Å². The number of methoxy groups -OCH3 is 1. The van der Waals surface area contributed by atoms with Crippen molar-refractivity contribution in [3.8, 4) is 5.75 Å². The number of hydrogen-bond donors (Lipinski definition) is 1. The Kier molecular flexibility index (Phi) is 4.99. The average molecular weight is 392 g/mol. The maximum Gasteiger partial charge on any atom is 0.216 e. The molecular weight excluding hydrogens is 375 g/mol. The first-order valence-corrected chi connectivity index (χ1v) is 9.07. The predicted molar refractivity (Wildman–Crippen MR) is 110 cm³/mol. The van der Waals surface area contributed by atoms with Crippen LogP contribution >= 0.6 is 12.2 Å². The summed E-state index contributed by atoms with van der Waals surface area (Å²) in [5.41, 5.74) is 1.77. The summed E-state index contributed by atoms with van der Waals surface area (Å²) in [6.07, 6.45) is 2.19. The number of H-pyrrole nitrogens is 1. The first-order valence-electron chi connectivity index (χ1n) is 8.66. The van der Waals surface area contributed by atoms with Crippen LogP contribution in [0.4, 0.5) is 4.39 Å². The van der Waals surface area contributed by atoms with E-state index in [9.17, 15) is 4.39 Å². The molecule has 0 bridgehead atoms. The number of nitrogens with one attached hydrogen (secondary N) is 1. The van der Waals surface area contributed by atoms with Gasteiger partial charge in [-0.1, -0.05) is 42.5 Å². The maximum absolute atomic E-state index is 13.1. The van der Waals surface area contributed by atoms with Crippen LogP contribution in [0, 0.1) is 10.6 Å². The van der Waals surface area contributed by atoms with E-state index in [2.05, 4.69) is 15.3 Å². The van der Waals surface area contributed by atoms with E-state index in [1.165, 1.54) is 12.1 Å². The molecule has 0 amide bonds. The summed E-state index contributed by atoms with van der Waals surface area (Å²) in [5, 5.41) is 13.7. The summed E-state index contributed by atoms with van der Waals surface area (Å²) < 4.78 is 20.6. The zero-order valence-corrected chi connectivity index (χ0v) is 15.9. The Hall–Kier alpha value is -3.32. The van der Waals surface area contributed by atoms with E-state index in [0.29, 0.717) is 17.0 Å². The van der Waals surface area contributed by atoms with Crippen molar-refractivity contribution in [3.63, 3.8) is 0 Å². The molecule has 0 atom stereocenters. The van der Waals surface area contributed by atoms with Crippen LogP contribution in [-0.4, -0.2) is 28.2 Å². The first-order chi connectivity index (χ1) is 13.7. The Morgan fingerprint density at radius 3 is 2.71 bits per heavy atom. The molecule has 3 aromatic carbocycles. The molecule has 5 nitrogen and oxygen atoms in total. The molecule has 0 spiro atoms. The topological polar surface area (TPSA) is 55.2 Å². The summed E-state index contributed by atoms with van der Waals surface area (Å²) in [5.74, 6) is 1.08. The molecule has 4 rings (SSSR count). The van der Waals surface area contributed by atoms with Crippen molar-refractivity contribution in [2.45, 2.75) is 6.42 Å². The van der Waals surface area contributed by atoms with Crippen LogP contribution in [0.3, 0.4) is 0 Å². The summed E-state index contributed by atoms with van der Waals surface area (Å²) in [6, 6.07) is 18.2. The fourth-order valence-corrected chi connectivity index (χ4v) is 3.24. The molecule has 4 aromatic rings. The number of fused-ring (bicyclic) bond motifs is 1. The van der Waals surface area contributed by atoms with Gasteiger partial charge in [-0.15, -0.1) is 0 Å². The van der Waals surface area contributed by atoms with Crippen LogP contribution in [0.2, 0.25) is 0 Å². The smallest absolute Gasteiger partial charge is 0.216 e. The van der Waals surface area contributed by atoms with Gasteiger partial charge in [0.15, 0.2) is 5.82 Å². The molecule has 0 radical (unpaired) electrons. The van der Waals surface area contributed by atoms with E-state index in [0.717, 1.165) is 27.6 Å². The molecule has 0 saturated carbocycles.